The zero-order valence-corrected chi connectivity index (χ0v) is 19.4. The number of amides is 1. The van der Waals surface area contributed by atoms with E-state index in [1.807, 2.05) is 31.2 Å². The summed E-state index contributed by atoms with van der Waals surface area (Å²) < 4.78 is 19.5. The maximum absolute atomic E-state index is 13.6. The largest absolute Gasteiger partial charge is 0.486 e. The van der Waals surface area contributed by atoms with Crippen LogP contribution in [0, 0.1) is 0 Å². The Bertz CT molecular complexity index is 1670. The van der Waals surface area contributed by atoms with Crippen LogP contribution in [0.2, 0.25) is 0 Å². The molecule has 1 amide bonds. The molecule has 1 aliphatic rings. The van der Waals surface area contributed by atoms with Gasteiger partial charge in [-0.05, 0) is 18.2 Å². The minimum Gasteiger partial charge on any atom is -0.486 e. The van der Waals surface area contributed by atoms with Gasteiger partial charge in [0, 0.05) is 23.6 Å². The molecular weight excluding hydrogens is 464 g/mol. The van der Waals surface area contributed by atoms with E-state index < -0.39 is 0 Å². The molecule has 0 atom stereocenters. The average Bonchev–Trinajstić information content (AvgIpc) is 3.48. The number of nitrogens with one attached hydrogen (secondary N) is 1. The zero-order valence-electron chi connectivity index (χ0n) is 19.4. The first kappa shape index (κ1) is 21.8. The van der Waals surface area contributed by atoms with Gasteiger partial charge < -0.3 is 23.9 Å². The molecular formula is C25H22N6O5. The summed E-state index contributed by atoms with van der Waals surface area (Å²) in [6.07, 6.45) is 2.09. The minimum absolute atomic E-state index is 0.0830. The highest BCUT2D eigenvalue weighted by atomic mass is 16.6. The van der Waals surface area contributed by atoms with E-state index in [0.29, 0.717) is 59.6 Å². The molecule has 0 aliphatic carbocycles. The number of para-hydroxylation sites is 1. The molecule has 11 nitrogen and oxygen atoms in total. The van der Waals surface area contributed by atoms with Crippen molar-refractivity contribution in [2.24, 2.45) is 0 Å². The van der Waals surface area contributed by atoms with Gasteiger partial charge in [-0.1, -0.05) is 30.3 Å². The van der Waals surface area contributed by atoms with Gasteiger partial charge in [0.1, 0.15) is 37.3 Å². The van der Waals surface area contributed by atoms with Crippen LogP contribution >= 0.6 is 0 Å². The van der Waals surface area contributed by atoms with Crippen LogP contribution in [0.3, 0.4) is 0 Å². The fourth-order valence-corrected chi connectivity index (χ4v) is 4.33. The smallest absolute Gasteiger partial charge is 0.278 e. The molecule has 0 fully saturated rings. The van der Waals surface area contributed by atoms with Crippen molar-refractivity contribution < 1.29 is 18.8 Å². The first-order valence-corrected chi connectivity index (χ1v) is 11.6. The number of rotatable bonds is 6. The summed E-state index contributed by atoms with van der Waals surface area (Å²) in [6, 6.07) is 12.7. The molecule has 0 unspecified atom stereocenters. The van der Waals surface area contributed by atoms with Gasteiger partial charge in [-0.3, -0.25) is 14.2 Å². The van der Waals surface area contributed by atoms with E-state index in [0.717, 1.165) is 10.9 Å². The van der Waals surface area contributed by atoms with Crippen LogP contribution in [0.5, 0.6) is 11.5 Å². The summed E-state index contributed by atoms with van der Waals surface area (Å²) in [4.78, 5) is 35.5. The van der Waals surface area contributed by atoms with Crippen LogP contribution in [0.25, 0.3) is 21.9 Å². The molecule has 6 rings (SSSR count). The number of anilines is 1. The number of carbonyl (C=O) groups is 1. The summed E-state index contributed by atoms with van der Waals surface area (Å²) in [5.74, 6) is 1.80. The Kier molecular flexibility index (Phi) is 5.36. The molecule has 3 aromatic heterocycles. The molecule has 5 aromatic rings. The second-order valence-electron chi connectivity index (χ2n) is 8.34. The van der Waals surface area contributed by atoms with E-state index in [4.69, 9.17) is 14.0 Å². The van der Waals surface area contributed by atoms with Crippen molar-refractivity contribution in [3.63, 3.8) is 0 Å². The highest BCUT2D eigenvalue weighted by Gasteiger charge is 2.20. The second kappa shape index (κ2) is 8.84. The number of aromatic nitrogens is 5. The number of hydrogen-bond donors (Lipinski definition) is 1. The van der Waals surface area contributed by atoms with Crippen molar-refractivity contribution >= 4 is 33.5 Å². The zero-order chi connectivity index (χ0) is 24.6. The van der Waals surface area contributed by atoms with Crippen molar-refractivity contribution in [3.05, 3.63) is 70.9 Å². The van der Waals surface area contributed by atoms with Gasteiger partial charge in [0.15, 0.2) is 17.3 Å². The van der Waals surface area contributed by atoms with Gasteiger partial charge in [0.05, 0.1) is 11.8 Å². The average molecular weight is 486 g/mol. The summed E-state index contributed by atoms with van der Waals surface area (Å²) in [5, 5.41) is 7.56. The van der Waals surface area contributed by atoms with Crippen molar-refractivity contribution in [3.8, 4) is 11.5 Å². The van der Waals surface area contributed by atoms with Gasteiger partial charge in [-0.25, -0.2) is 4.98 Å². The Morgan fingerprint density at radius 1 is 1.11 bits per heavy atom. The predicted octanol–water partition coefficient (Wildman–Crippen LogP) is 2.75. The Hall–Kier alpha value is -4.67. The number of carbonyl (C=O) groups excluding carboxylic acids is 1. The Balaban J connectivity index is 1.36. The SMILES string of the molecule is CCc1noc(Cn2cnc3c4ccccc4n(CC(=O)Nc4ccc5c(c4)OCCO5)c3c2=O)n1. The van der Waals surface area contributed by atoms with E-state index in [1.165, 1.54) is 10.9 Å². The fraction of sp³-hybridized carbons (Fsp3) is 0.240. The normalized spacial score (nSPS) is 12.8. The maximum Gasteiger partial charge on any atom is 0.278 e. The maximum atomic E-state index is 13.6. The number of ether oxygens (including phenoxy) is 2. The molecule has 2 aromatic carbocycles. The lowest BCUT2D eigenvalue weighted by Crippen LogP contribution is -2.25. The van der Waals surface area contributed by atoms with Crippen LogP contribution in [-0.2, 0) is 24.3 Å². The van der Waals surface area contributed by atoms with Gasteiger partial charge in [-0.2, -0.15) is 4.98 Å². The summed E-state index contributed by atoms with van der Waals surface area (Å²) in [6.45, 7) is 2.86. The van der Waals surface area contributed by atoms with Crippen LogP contribution in [0.1, 0.15) is 18.6 Å². The molecule has 0 saturated carbocycles. The molecule has 0 saturated heterocycles. The van der Waals surface area contributed by atoms with E-state index >= 15 is 0 Å². The van der Waals surface area contributed by atoms with Crippen LogP contribution in [0.15, 0.2) is 58.1 Å². The van der Waals surface area contributed by atoms with E-state index in [9.17, 15) is 9.59 Å². The Morgan fingerprint density at radius 2 is 1.94 bits per heavy atom. The van der Waals surface area contributed by atoms with E-state index in [-0.39, 0.29) is 24.6 Å². The predicted molar refractivity (Wildman–Crippen MR) is 130 cm³/mol. The number of benzene rings is 2. The van der Waals surface area contributed by atoms with Crippen molar-refractivity contribution in [2.45, 2.75) is 26.4 Å². The van der Waals surface area contributed by atoms with Gasteiger partial charge >= 0.3 is 0 Å². The molecule has 0 bridgehead atoms. The van der Waals surface area contributed by atoms with Crippen LogP contribution in [-0.4, -0.2) is 43.4 Å². The molecule has 4 heterocycles. The number of nitrogens with zero attached hydrogens (tertiary/aromatic N) is 5. The first-order chi connectivity index (χ1) is 17.6. The molecule has 36 heavy (non-hydrogen) atoms. The summed E-state index contributed by atoms with van der Waals surface area (Å²) in [5.41, 5.74) is 1.85. The monoisotopic (exact) mass is 486 g/mol. The molecule has 0 spiro atoms. The standard InChI is InChI=1S/C25H22N6O5/c1-2-20-28-22(36-29-20)13-30-14-26-23-16-5-3-4-6-17(16)31(24(23)25(30)33)12-21(32)27-15-7-8-18-19(11-15)35-10-9-34-18/h3-8,11,14H,2,9-10,12-13H2,1H3,(H,27,32). The Labute approximate surface area is 204 Å². The van der Waals surface area contributed by atoms with Crippen molar-refractivity contribution in [1.29, 1.82) is 0 Å². The van der Waals surface area contributed by atoms with Crippen LogP contribution < -0.4 is 20.3 Å². The summed E-state index contributed by atoms with van der Waals surface area (Å²) in [7, 11) is 0. The number of hydrogen-bond acceptors (Lipinski definition) is 8. The number of aryl methyl sites for hydroxylation is 1. The lowest BCUT2D eigenvalue weighted by molar-refractivity contribution is -0.116. The second-order valence-corrected chi connectivity index (χ2v) is 8.34. The van der Waals surface area contributed by atoms with Gasteiger partial charge in [0.25, 0.3) is 5.56 Å². The molecule has 0 radical (unpaired) electrons. The fourth-order valence-electron chi connectivity index (χ4n) is 4.33. The third-order valence-corrected chi connectivity index (χ3v) is 5.99. The third kappa shape index (κ3) is 3.84. The minimum atomic E-state index is -0.306. The van der Waals surface area contributed by atoms with Gasteiger partial charge in [0.2, 0.25) is 11.8 Å². The number of fused-ring (bicyclic) bond motifs is 4. The lowest BCUT2D eigenvalue weighted by atomic mass is 10.2. The molecule has 182 valence electrons. The topological polar surface area (TPSA) is 126 Å². The Morgan fingerprint density at radius 3 is 2.78 bits per heavy atom. The highest BCUT2D eigenvalue weighted by Crippen LogP contribution is 2.32. The van der Waals surface area contributed by atoms with Crippen LogP contribution in [0.4, 0.5) is 5.69 Å². The molecule has 1 aliphatic heterocycles. The lowest BCUT2D eigenvalue weighted by Gasteiger charge is -2.19. The summed E-state index contributed by atoms with van der Waals surface area (Å²) >= 11 is 0. The van der Waals surface area contributed by atoms with E-state index in [1.54, 1.807) is 22.8 Å². The van der Waals surface area contributed by atoms with Crippen molar-refractivity contribution in [1.82, 2.24) is 24.3 Å². The van der Waals surface area contributed by atoms with Crippen molar-refractivity contribution in [2.75, 3.05) is 18.5 Å². The third-order valence-electron chi connectivity index (χ3n) is 5.99. The highest BCUT2D eigenvalue weighted by molar-refractivity contribution is 6.06. The molecule has 1 N–H and O–H groups in total. The van der Waals surface area contributed by atoms with Gasteiger partial charge in [-0.15, -0.1) is 0 Å². The molecule has 11 heteroatoms. The first-order valence-electron chi connectivity index (χ1n) is 11.6. The quantitative estimate of drug-likeness (QED) is 0.388. The van der Waals surface area contributed by atoms with E-state index in [2.05, 4.69) is 20.4 Å².